The number of ether oxygens (including phenoxy) is 3. The van der Waals surface area contributed by atoms with E-state index in [4.69, 9.17) is 31.0 Å². The molecule has 11 nitrogen and oxygen atoms in total. The average molecular weight is 406 g/mol. The number of halogens is 1. The Morgan fingerprint density at radius 2 is 2.04 bits per heavy atom. The molecule has 4 heterocycles. The SMILES string of the molecule is CC1(C)O[C@@H]2[C@H](O1)[C@@H](COS(N)(=O)=O)O[C@H]2n1cnc2c(Cl)ncnc21. The van der Waals surface area contributed by atoms with Crippen LogP contribution in [0, 0.1) is 0 Å². The topological polar surface area (TPSA) is 141 Å². The van der Waals surface area contributed by atoms with Crippen LogP contribution in [0.4, 0.5) is 0 Å². The molecular weight excluding hydrogens is 390 g/mol. The molecule has 0 aromatic carbocycles. The van der Waals surface area contributed by atoms with Gasteiger partial charge in [-0.3, -0.25) is 8.75 Å². The zero-order valence-corrected chi connectivity index (χ0v) is 15.3. The van der Waals surface area contributed by atoms with Crippen molar-refractivity contribution in [1.82, 2.24) is 19.5 Å². The molecule has 2 fully saturated rings. The van der Waals surface area contributed by atoms with E-state index in [9.17, 15) is 8.42 Å². The molecule has 0 radical (unpaired) electrons. The van der Waals surface area contributed by atoms with Gasteiger partial charge in [0.15, 0.2) is 22.8 Å². The van der Waals surface area contributed by atoms with Crippen molar-refractivity contribution in [1.29, 1.82) is 0 Å². The molecule has 0 spiro atoms. The first kappa shape index (κ1) is 18.0. The molecule has 2 aliphatic heterocycles. The van der Waals surface area contributed by atoms with Gasteiger partial charge in [0, 0.05) is 0 Å². The largest absolute Gasteiger partial charge is 0.347 e. The van der Waals surface area contributed by atoms with Crippen molar-refractivity contribution in [3.8, 4) is 0 Å². The summed E-state index contributed by atoms with van der Waals surface area (Å²) >= 11 is 6.04. The van der Waals surface area contributed by atoms with Gasteiger partial charge in [-0.15, -0.1) is 0 Å². The van der Waals surface area contributed by atoms with Crippen molar-refractivity contribution in [3.63, 3.8) is 0 Å². The molecule has 0 saturated carbocycles. The molecule has 2 aliphatic rings. The molecule has 2 saturated heterocycles. The van der Waals surface area contributed by atoms with E-state index in [0.717, 1.165) is 0 Å². The maximum Gasteiger partial charge on any atom is 0.333 e. The van der Waals surface area contributed by atoms with Crippen molar-refractivity contribution in [2.75, 3.05) is 6.61 Å². The fourth-order valence-corrected chi connectivity index (χ4v) is 3.69. The second-order valence-corrected chi connectivity index (χ2v) is 7.98. The summed E-state index contributed by atoms with van der Waals surface area (Å²) in [6, 6.07) is 0. The standard InChI is InChI=1S/C13H16ClN5O6S/c1-13(2)24-8-6(3-22-26(15,20)21)23-12(9(8)25-13)19-5-18-7-10(14)16-4-17-11(7)19/h4-6,8-9,12H,3H2,1-2H3,(H2,15,20,21)/t6-,8-,9-,12-/m1/s1. The second kappa shape index (κ2) is 6.05. The van der Waals surface area contributed by atoms with Gasteiger partial charge in [-0.25, -0.2) is 20.1 Å². The smallest absolute Gasteiger partial charge is 0.333 e. The highest BCUT2D eigenvalue weighted by Gasteiger charge is 2.56. The molecule has 13 heteroatoms. The summed E-state index contributed by atoms with van der Waals surface area (Å²) in [6.45, 7) is 3.20. The Morgan fingerprint density at radius 1 is 1.31 bits per heavy atom. The molecule has 0 amide bonds. The van der Waals surface area contributed by atoms with Gasteiger partial charge < -0.3 is 14.2 Å². The normalized spacial score (nSPS) is 30.8. The summed E-state index contributed by atoms with van der Waals surface area (Å²) in [6.07, 6.45) is 0.320. The van der Waals surface area contributed by atoms with Crippen LogP contribution in [0.15, 0.2) is 12.7 Å². The number of nitrogens with zero attached hydrogens (tertiary/aromatic N) is 4. The second-order valence-electron chi connectivity index (χ2n) is 6.40. The van der Waals surface area contributed by atoms with E-state index in [-0.39, 0.29) is 11.8 Å². The maximum absolute atomic E-state index is 11.1. The third-order valence-corrected chi connectivity index (χ3v) is 4.85. The molecule has 4 atom stereocenters. The van der Waals surface area contributed by atoms with Crippen LogP contribution in [-0.4, -0.2) is 58.6 Å². The summed E-state index contributed by atoms with van der Waals surface area (Å²) in [7, 11) is -4.11. The third kappa shape index (κ3) is 3.17. The van der Waals surface area contributed by atoms with E-state index < -0.39 is 40.6 Å². The first-order valence-electron chi connectivity index (χ1n) is 7.66. The molecular formula is C13H16ClN5O6S. The predicted molar refractivity (Wildman–Crippen MR) is 87.1 cm³/mol. The van der Waals surface area contributed by atoms with Crippen LogP contribution in [0.1, 0.15) is 20.1 Å². The first-order chi connectivity index (χ1) is 12.1. The fraction of sp³-hybridized carbons (Fsp3) is 0.615. The minimum atomic E-state index is -4.11. The molecule has 0 unspecified atom stereocenters. The Balaban J connectivity index is 1.68. The molecule has 2 aromatic rings. The third-order valence-electron chi connectivity index (χ3n) is 4.11. The van der Waals surface area contributed by atoms with Gasteiger partial charge in [0.1, 0.15) is 30.2 Å². The summed E-state index contributed by atoms with van der Waals surface area (Å²) < 4.78 is 46.3. The van der Waals surface area contributed by atoms with Gasteiger partial charge in [-0.05, 0) is 13.8 Å². The van der Waals surface area contributed by atoms with Gasteiger partial charge in [0.2, 0.25) is 0 Å². The summed E-state index contributed by atoms with van der Waals surface area (Å²) in [5, 5.41) is 5.11. The number of fused-ring (bicyclic) bond motifs is 2. The Hall–Kier alpha value is -1.41. The van der Waals surface area contributed by atoms with E-state index in [1.807, 2.05) is 0 Å². The molecule has 2 N–H and O–H groups in total. The Labute approximate surface area is 153 Å². The van der Waals surface area contributed by atoms with Crippen molar-refractivity contribution >= 4 is 33.1 Å². The zero-order chi connectivity index (χ0) is 18.7. The molecule has 0 aliphatic carbocycles. The quantitative estimate of drug-likeness (QED) is 0.701. The Bertz CT molecular complexity index is 950. The van der Waals surface area contributed by atoms with Crippen LogP contribution in [0.25, 0.3) is 11.2 Å². The van der Waals surface area contributed by atoms with Gasteiger partial charge in [0.05, 0.1) is 12.9 Å². The van der Waals surface area contributed by atoms with Crippen LogP contribution in [-0.2, 0) is 28.7 Å². The lowest BCUT2D eigenvalue weighted by Gasteiger charge is -2.24. The van der Waals surface area contributed by atoms with Crippen LogP contribution in [0.3, 0.4) is 0 Å². The average Bonchev–Trinajstić information content (AvgIpc) is 3.16. The van der Waals surface area contributed by atoms with Crippen LogP contribution >= 0.6 is 11.6 Å². The highest BCUT2D eigenvalue weighted by atomic mass is 35.5. The Morgan fingerprint density at radius 3 is 2.77 bits per heavy atom. The zero-order valence-electron chi connectivity index (χ0n) is 13.8. The fourth-order valence-electron chi connectivity index (χ4n) is 3.19. The monoisotopic (exact) mass is 405 g/mol. The van der Waals surface area contributed by atoms with Gasteiger partial charge in [-0.1, -0.05) is 11.6 Å². The number of hydrogen-bond acceptors (Lipinski definition) is 9. The van der Waals surface area contributed by atoms with Gasteiger partial charge in [0.25, 0.3) is 0 Å². The summed E-state index contributed by atoms with van der Waals surface area (Å²) in [5.74, 6) is -0.875. The lowest BCUT2D eigenvalue weighted by atomic mass is 10.1. The van der Waals surface area contributed by atoms with Crippen molar-refractivity contribution in [3.05, 3.63) is 17.8 Å². The molecule has 0 bridgehead atoms. The molecule has 4 rings (SSSR count). The Kier molecular flexibility index (Phi) is 4.19. The minimum Gasteiger partial charge on any atom is -0.347 e. The minimum absolute atomic E-state index is 0.210. The molecule has 26 heavy (non-hydrogen) atoms. The summed E-state index contributed by atoms with van der Waals surface area (Å²) in [4.78, 5) is 12.3. The molecule has 142 valence electrons. The van der Waals surface area contributed by atoms with Crippen molar-refractivity contribution in [2.24, 2.45) is 5.14 Å². The van der Waals surface area contributed by atoms with Crippen molar-refractivity contribution in [2.45, 2.75) is 44.2 Å². The lowest BCUT2D eigenvalue weighted by Crippen LogP contribution is -2.34. The number of nitrogens with two attached hydrogens (primary N) is 1. The highest BCUT2D eigenvalue weighted by Crippen LogP contribution is 2.43. The predicted octanol–water partition coefficient (Wildman–Crippen LogP) is 0.117. The van der Waals surface area contributed by atoms with Gasteiger partial charge >= 0.3 is 10.3 Å². The number of hydrogen-bond donors (Lipinski definition) is 1. The van der Waals surface area contributed by atoms with Crippen molar-refractivity contribution < 1.29 is 26.8 Å². The van der Waals surface area contributed by atoms with E-state index in [0.29, 0.717) is 11.2 Å². The number of aromatic nitrogens is 4. The highest BCUT2D eigenvalue weighted by molar-refractivity contribution is 7.84. The van der Waals surface area contributed by atoms with E-state index in [2.05, 4.69) is 19.1 Å². The van der Waals surface area contributed by atoms with E-state index >= 15 is 0 Å². The molecule has 2 aromatic heterocycles. The lowest BCUT2D eigenvalue weighted by molar-refractivity contribution is -0.198. The van der Waals surface area contributed by atoms with E-state index in [1.165, 1.54) is 12.7 Å². The number of imidazole rings is 1. The van der Waals surface area contributed by atoms with Crippen LogP contribution < -0.4 is 5.14 Å². The summed E-state index contributed by atoms with van der Waals surface area (Å²) in [5.41, 5.74) is 0.867. The van der Waals surface area contributed by atoms with Crippen LogP contribution in [0.5, 0.6) is 0 Å². The van der Waals surface area contributed by atoms with Gasteiger partial charge in [-0.2, -0.15) is 8.42 Å². The van der Waals surface area contributed by atoms with Crippen LogP contribution in [0.2, 0.25) is 5.15 Å². The number of rotatable bonds is 4. The first-order valence-corrected chi connectivity index (χ1v) is 9.51. The van der Waals surface area contributed by atoms with E-state index in [1.54, 1.807) is 18.4 Å². The maximum atomic E-state index is 11.1.